The maximum atomic E-state index is 13.8. The lowest BCUT2D eigenvalue weighted by molar-refractivity contribution is -0.139. The molecule has 0 aliphatic heterocycles. The van der Waals surface area contributed by atoms with Crippen molar-refractivity contribution in [3.63, 3.8) is 0 Å². The Balaban J connectivity index is 2.02. The molecular formula is C28H32BrN3O4S. The summed E-state index contributed by atoms with van der Waals surface area (Å²) < 4.78 is 29.6. The van der Waals surface area contributed by atoms with Crippen molar-refractivity contribution in [1.82, 2.24) is 10.2 Å². The molecule has 2 amide bonds. The number of carbonyl (C=O) groups is 2. The van der Waals surface area contributed by atoms with Crippen molar-refractivity contribution in [2.24, 2.45) is 0 Å². The van der Waals surface area contributed by atoms with E-state index in [0.717, 1.165) is 25.5 Å². The summed E-state index contributed by atoms with van der Waals surface area (Å²) >= 11 is 3.41. The van der Waals surface area contributed by atoms with Crippen LogP contribution in [0.3, 0.4) is 0 Å². The lowest BCUT2D eigenvalue weighted by atomic mass is 10.1. The molecule has 196 valence electrons. The SMILES string of the molecule is CCNC(=O)[C@@H](C)N(Cc1ccc(Br)cc1)C(=O)CN(c1cccc(C)c1)S(=O)(=O)c1ccc(C)cc1. The van der Waals surface area contributed by atoms with Crippen molar-refractivity contribution in [2.45, 2.75) is 45.2 Å². The number of benzene rings is 3. The molecule has 1 atom stereocenters. The van der Waals surface area contributed by atoms with E-state index in [1.165, 1.54) is 17.0 Å². The summed E-state index contributed by atoms with van der Waals surface area (Å²) in [7, 11) is -4.07. The van der Waals surface area contributed by atoms with E-state index >= 15 is 0 Å². The summed E-state index contributed by atoms with van der Waals surface area (Å²) in [5.41, 5.74) is 2.98. The van der Waals surface area contributed by atoms with Crippen LogP contribution >= 0.6 is 15.9 Å². The highest BCUT2D eigenvalue weighted by Crippen LogP contribution is 2.26. The number of aryl methyl sites for hydroxylation is 2. The van der Waals surface area contributed by atoms with Gasteiger partial charge in [0.05, 0.1) is 10.6 Å². The molecule has 0 radical (unpaired) electrons. The number of amides is 2. The van der Waals surface area contributed by atoms with Gasteiger partial charge in [0.1, 0.15) is 12.6 Å². The monoisotopic (exact) mass is 585 g/mol. The predicted molar refractivity (Wildman–Crippen MR) is 150 cm³/mol. The van der Waals surface area contributed by atoms with Crippen molar-refractivity contribution >= 4 is 43.5 Å². The smallest absolute Gasteiger partial charge is 0.264 e. The molecule has 37 heavy (non-hydrogen) atoms. The highest BCUT2D eigenvalue weighted by Gasteiger charge is 2.32. The Hall–Kier alpha value is -3.17. The van der Waals surface area contributed by atoms with Crippen molar-refractivity contribution in [2.75, 3.05) is 17.4 Å². The first-order valence-corrected chi connectivity index (χ1v) is 14.2. The van der Waals surface area contributed by atoms with Gasteiger partial charge in [-0.3, -0.25) is 13.9 Å². The van der Waals surface area contributed by atoms with Crippen molar-refractivity contribution in [3.05, 3.63) is 94.0 Å². The van der Waals surface area contributed by atoms with E-state index in [1.54, 1.807) is 44.2 Å². The first-order chi connectivity index (χ1) is 17.5. The van der Waals surface area contributed by atoms with E-state index in [0.29, 0.717) is 12.2 Å². The van der Waals surface area contributed by atoms with E-state index in [1.807, 2.05) is 44.2 Å². The van der Waals surface area contributed by atoms with Crippen molar-refractivity contribution in [3.8, 4) is 0 Å². The zero-order valence-electron chi connectivity index (χ0n) is 21.4. The summed E-state index contributed by atoms with van der Waals surface area (Å²) in [5.74, 6) is -0.796. The number of hydrogen-bond donors (Lipinski definition) is 1. The third kappa shape index (κ3) is 7.20. The van der Waals surface area contributed by atoms with E-state index in [4.69, 9.17) is 0 Å². The van der Waals surface area contributed by atoms with Crippen LogP contribution in [0.15, 0.2) is 82.2 Å². The first-order valence-electron chi connectivity index (χ1n) is 12.0. The zero-order valence-corrected chi connectivity index (χ0v) is 23.8. The fourth-order valence-corrected chi connectivity index (χ4v) is 5.51. The largest absolute Gasteiger partial charge is 0.355 e. The van der Waals surface area contributed by atoms with E-state index in [9.17, 15) is 18.0 Å². The van der Waals surface area contributed by atoms with Gasteiger partial charge in [0.2, 0.25) is 11.8 Å². The normalized spacial score (nSPS) is 12.0. The molecule has 0 aromatic heterocycles. The van der Waals surface area contributed by atoms with Crippen LogP contribution in [0.2, 0.25) is 0 Å². The number of halogens is 1. The summed E-state index contributed by atoms with van der Waals surface area (Å²) in [4.78, 5) is 28.0. The number of hydrogen-bond acceptors (Lipinski definition) is 4. The van der Waals surface area contributed by atoms with Gasteiger partial charge in [-0.05, 0) is 75.2 Å². The van der Waals surface area contributed by atoms with Gasteiger partial charge in [-0.1, -0.05) is 57.9 Å². The fourth-order valence-electron chi connectivity index (χ4n) is 3.84. The van der Waals surface area contributed by atoms with Crippen LogP contribution in [0.4, 0.5) is 5.69 Å². The van der Waals surface area contributed by atoms with Crippen molar-refractivity contribution in [1.29, 1.82) is 0 Å². The molecular weight excluding hydrogens is 554 g/mol. The second-order valence-corrected chi connectivity index (χ2v) is 11.7. The number of carbonyl (C=O) groups excluding carboxylic acids is 2. The third-order valence-corrected chi connectivity index (χ3v) is 8.28. The lowest BCUT2D eigenvalue weighted by Gasteiger charge is -2.32. The molecule has 0 aliphatic rings. The van der Waals surface area contributed by atoms with Crippen molar-refractivity contribution < 1.29 is 18.0 Å². The second kappa shape index (κ2) is 12.4. The Morgan fingerprint density at radius 2 is 1.59 bits per heavy atom. The Labute approximate surface area is 227 Å². The minimum atomic E-state index is -4.07. The molecule has 3 aromatic rings. The second-order valence-electron chi connectivity index (χ2n) is 8.88. The van der Waals surface area contributed by atoms with Gasteiger partial charge in [0.15, 0.2) is 0 Å². The molecule has 0 saturated carbocycles. The van der Waals surface area contributed by atoms with E-state index in [2.05, 4.69) is 21.2 Å². The first kappa shape index (κ1) is 28.4. The number of likely N-dealkylation sites (N-methyl/N-ethyl adjacent to an activating group) is 1. The minimum absolute atomic E-state index is 0.0867. The van der Waals surface area contributed by atoms with Gasteiger partial charge in [-0.2, -0.15) is 0 Å². The number of nitrogens with one attached hydrogen (secondary N) is 1. The van der Waals surface area contributed by atoms with Crippen LogP contribution < -0.4 is 9.62 Å². The number of nitrogens with zero attached hydrogens (tertiary/aromatic N) is 2. The molecule has 3 rings (SSSR count). The molecule has 0 unspecified atom stereocenters. The molecule has 0 fully saturated rings. The van der Waals surface area contributed by atoms with E-state index in [-0.39, 0.29) is 17.3 Å². The molecule has 0 bridgehead atoms. The van der Waals surface area contributed by atoms with Crippen LogP contribution in [-0.4, -0.2) is 44.3 Å². The minimum Gasteiger partial charge on any atom is -0.355 e. The highest BCUT2D eigenvalue weighted by atomic mass is 79.9. The number of sulfonamides is 1. The van der Waals surface area contributed by atoms with E-state index < -0.39 is 28.5 Å². The van der Waals surface area contributed by atoms with Crippen LogP contribution in [-0.2, 0) is 26.2 Å². The molecule has 0 heterocycles. The summed E-state index contributed by atoms with van der Waals surface area (Å²) in [6.07, 6.45) is 0. The van der Waals surface area contributed by atoms with Crippen LogP contribution in [0.25, 0.3) is 0 Å². The van der Waals surface area contributed by atoms with Gasteiger partial charge in [0, 0.05) is 17.6 Å². The highest BCUT2D eigenvalue weighted by molar-refractivity contribution is 9.10. The average Bonchev–Trinajstić information content (AvgIpc) is 2.86. The van der Waals surface area contributed by atoms with Gasteiger partial charge >= 0.3 is 0 Å². The Kier molecular flexibility index (Phi) is 9.50. The Morgan fingerprint density at radius 3 is 2.19 bits per heavy atom. The quantitative estimate of drug-likeness (QED) is 0.370. The molecule has 9 heteroatoms. The summed E-state index contributed by atoms with van der Waals surface area (Å²) in [5, 5.41) is 2.76. The van der Waals surface area contributed by atoms with Gasteiger partial charge in [-0.15, -0.1) is 0 Å². The zero-order chi connectivity index (χ0) is 27.2. The maximum absolute atomic E-state index is 13.8. The molecule has 0 saturated heterocycles. The number of anilines is 1. The Morgan fingerprint density at radius 1 is 0.946 bits per heavy atom. The van der Waals surface area contributed by atoms with Crippen LogP contribution in [0, 0.1) is 13.8 Å². The van der Waals surface area contributed by atoms with Crippen LogP contribution in [0.5, 0.6) is 0 Å². The lowest BCUT2D eigenvalue weighted by Crippen LogP contribution is -2.51. The van der Waals surface area contributed by atoms with Crippen LogP contribution in [0.1, 0.15) is 30.5 Å². The fraction of sp³-hybridized carbons (Fsp3) is 0.286. The average molecular weight is 587 g/mol. The summed E-state index contributed by atoms with van der Waals surface area (Å²) in [6, 6.07) is 20.1. The topological polar surface area (TPSA) is 86.8 Å². The Bertz CT molecular complexity index is 1340. The maximum Gasteiger partial charge on any atom is 0.264 e. The predicted octanol–water partition coefficient (Wildman–Crippen LogP) is 4.81. The molecule has 7 nitrogen and oxygen atoms in total. The number of rotatable bonds is 10. The standard InChI is InChI=1S/C28H32BrN3O4S/c1-5-30-28(34)22(4)31(18-23-11-13-24(29)14-12-23)27(33)19-32(25-8-6-7-21(3)17-25)37(35,36)26-15-9-20(2)10-16-26/h6-17,22H,5,18-19H2,1-4H3,(H,30,34)/t22-/m1/s1. The third-order valence-electron chi connectivity index (χ3n) is 5.96. The van der Waals surface area contributed by atoms with Gasteiger partial charge in [0.25, 0.3) is 10.0 Å². The summed E-state index contributed by atoms with van der Waals surface area (Å²) in [6.45, 7) is 7.30. The van der Waals surface area contributed by atoms with Gasteiger partial charge in [-0.25, -0.2) is 8.42 Å². The van der Waals surface area contributed by atoms with Gasteiger partial charge < -0.3 is 10.2 Å². The molecule has 1 N–H and O–H groups in total. The molecule has 0 aliphatic carbocycles. The molecule has 3 aromatic carbocycles. The molecule has 0 spiro atoms.